The maximum absolute atomic E-state index is 13.3. The SMILES string of the molecule is CC1(C)CCCN(S(=O)(=O)c2ccc(F)c(C#N)c2)CC1. The van der Waals surface area contributed by atoms with Crippen molar-refractivity contribution in [3.63, 3.8) is 0 Å². The zero-order valence-electron chi connectivity index (χ0n) is 12.3. The Bertz CT molecular complexity index is 677. The fourth-order valence-corrected chi connectivity index (χ4v) is 4.04. The Labute approximate surface area is 125 Å². The van der Waals surface area contributed by atoms with Crippen molar-refractivity contribution in [3.05, 3.63) is 29.6 Å². The fraction of sp³-hybridized carbons (Fsp3) is 0.533. The van der Waals surface area contributed by atoms with Crippen molar-refractivity contribution in [1.82, 2.24) is 4.31 Å². The average molecular weight is 310 g/mol. The first kappa shape index (κ1) is 15.9. The monoisotopic (exact) mass is 310 g/mol. The zero-order valence-corrected chi connectivity index (χ0v) is 13.1. The highest BCUT2D eigenvalue weighted by Crippen LogP contribution is 2.32. The lowest BCUT2D eigenvalue weighted by atomic mass is 9.85. The highest BCUT2D eigenvalue weighted by molar-refractivity contribution is 7.89. The van der Waals surface area contributed by atoms with Crippen LogP contribution in [0.3, 0.4) is 0 Å². The molecule has 0 radical (unpaired) electrons. The number of sulfonamides is 1. The molecule has 1 saturated heterocycles. The van der Waals surface area contributed by atoms with Gasteiger partial charge in [0, 0.05) is 13.1 Å². The number of hydrogen-bond acceptors (Lipinski definition) is 3. The topological polar surface area (TPSA) is 61.2 Å². The molecule has 0 saturated carbocycles. The van der Waals surface area contributed by atoms with Crippen molar-refractivity contribution in [1.29, 1.82) is 5.26 Å². The van der Waals surface area contributed by atoms with Crippen LogP contribution in [0, 0.1) is 22.6 Å². The van der Waals surface area contributed by atoms with Gasteiger partial charge in [-0.25, -0.2) is 12.8 Å². The summed E-state index contributed by atoms with van der Waals surface area (Å²) in [6.45, 7) is 5.18. The van der Waals surface area contributed by atoms with Crippen LogP contribution in [0.5, 0.6) is 0 Å². The summed E-state index contributed by atoms with van der Waals surface area (Å²) >= 11 is 0. The van der Waals surface area contributed by atoms with Crippen LogP contribution in [-0.2, 0) is 10.0 Å². The Morgan fingerprint density at radius 1 is 1.29 bits per heavy atom. The van der Waals surface area contributed by atoms with Crippen molar-refractivity contribution in [3.8, 4) is 6.07 Å². The van der Waals surface area contributed by atoms with E-state index in [4.69, 9.17) is 5.26 Å². The van der Waals surface area contributed by atoms with E-state index in [1.165, 1.54) is 10.4 Å². The van der Waals surface area contributed by atoms with Gasteiger partial charge in [-0.3, -0.25) is 0 Å². The van der Waals surface area contributed by atoms with Crippen LogP contribution in [0.15, 0.2) is 23.1 Å². The van der Waals surface area contributed by atoms with Gasteiger partial charge in [-0.15, -0.1) is 0 Å². The maximum Gasteiger partial charge on any atom is 0.243 e. The Kier molecular flexibility index (Phi) is 4.35. The van der Waals surface area contributed by atoms with Crippen LogP contribution in [0.1, 0.15) is 38.7 Å². The van der Waals surface area contributed by atoms with E-state index in [2.05, 4.69) is 13.8 Å². The number of nitriles is 1. The van der Waals surface area contributed by atoms with Gasteiger partial charge in [0.2, 0.25) is 10.0 Å². The van der Waals surface area contributed by atoms with Gasteiger partial charge >= 0.3 is 0 Å². The van der Waals surface area contributed by atoms with Crippen molar-refractivity contribution >= 4 is 10.0 Å². The van der Waals surface area contributed by atoms with Crippen molar-refractivity contribution < 1.29 is 12.8 Å². The summed E-state index contributed by atoms with van der Waals surface area (Å²) in [5.41, 5.74) is -0.114. The van der Waals surface area contributed by atoms with Gasteiger partial charge in [0.25, 0.3) is 0 Å². The molecule has 0 spiro atoms. The van der Waals surface area contributed by atoms with Crippen LogP contribution in [0.2, 0.25) is 0 Å². The lowest BCUT2D eigenvalue weighted by molar-refractivity contribution is 0.315. The van der Waals surface area contributed by atoms with E-state index >= 15 is 0 Å². The first-order valence-corrected chi connectivity index (χ1v) is 8.40. The van der Waals surface area contributed by atoms with Crippen molar-refractivity contribution in [2.75, 3.05) is 13.1 Å². The van der Waals surface area contributed by atoms with Gasteiger partial charge in [-0.1, -0.05) is 13.8 Å². The van der Waals surface area contributed by atoms with Gasteiger partial charge < -0.3 is 0 Å². The van der Waals surface area contributed by atoms with E-state index < -0.39 is 15.8 Å². The van der Waals surface area contributed by atoms with Crippen LogP contribution in [0.25, 0.3) is 0 Å². The quantitative estimate of drug-likeness (QED) is 0.844. The lowest BCUT2D eigenvalue weighted by Gasteiger charge is -2.23. The molecule has 0 aliphatic carbocycles. The normalized spacial score (nSPS) is 19.7. The van der Waals surface area contributed by atoms with E-state index in [1.807, 2.05) is 0 Å². The molecule has 0 aromatic heterocycles. The minimum Gasteiger partial charge on any atom is -0.207 e. The molecule has 1 aromatic rings. The third-order valence-corrected chi connectivity index (χ3v) is 5.89. The Hall–Kier alpha value is -1.45. The number of rotatable bonds is 2. The Morgan fingerprint density at radius 3 is 2.67 bits per heavy atom. The third-order valence-electron chi connectivity index (χ3n) is 4.00. The second kappa shape index (κ2) is 5.74. The Balaban J connectivity index is 2.32. The minimum atomic E-state index is -3.67. The molecule has 2 rings (SSSR count). The lowest BCUT2D eigenvalue weighted by Crippen LogP contribution is -2.32. The molecule has 0 unspecified atom stereocenters. The van der Waals surface area contributed by atoms with Gasteiger partial charge in [-0.05, 0) is 42.9 Å². The predicted molar refractivity (Wildman–Crippen MR) is 77.5 cm³/mol. The average Bonchev–Trinajstić information content (AvgIpc) is 2.60. The highest BCUT2D eigenvalue weighted by Gasteiger charge is 2.30. The molecule has 1 fully saturated rings. The summed E-state index contributed by atoms with van der Waals surface area (Å²) in [4.78, 5) is -0.0137. The first-order chi connectivity index (χ1) is 9.76. The van der Waals surface area contributed by atoms with E-state index in [1.54, 1.807) is 6.07 Å². The highest BCUT2D eigenvalue weighted by atomic mass is 32.2. The molecule has 0 bridgehead atoms. The fourth-order valence-electron chi connectivity index (χ4n) is 2.54. The second-order valence-corrected chi connectivity index (χ2v) is 8.11. The zero-order chi connectivity index (χ0) is 15.7. The van der Waals surface area contributed by atoms with Gasteiger partial charge in [0.1, 0.15) is 11.9 Å². The summed E-state index contributed by atoms with van der Waals surface area (Å²) in [7, 11) is -3.67. The molecule has 0 N–H and O–H groups in total. The van der Waals surface area contributed by atoms with E-state index in [9.17, 15) is 12.8 Å². The molecule has 21 heavy (non-hydrogen) atoms. The summed E-state index contributed by atoms with van der Waals surface area (Å²) in [5, 5.41) is 8.83. The molecule has 0 atom stereocenters. The van der Waals surface area contributed by atoms with E-state index in [-0.39, 0.29) is 15.9 Å². The maximum atomic E-state index is 13.3. The molecule has 4 nitrogen and oxygen atoms in total. The van der Waals surface area contributed by atoms with E-state index in [0.29, 0.717) is 13.1 Å². The van der Waals surface area contributed by atoms with Gasteiger partial charge in [-0.2, -0.15) is 9.57 Å². The number of nitrogens with zero attached hydrogens (tertiary/aromatic N) is 2. The predicted octanol–water partition coefficient (Wildman–Crippen LogP) is 2.90. The van der Waals surface area contributed by atoms with E-state index in [0.717, 1.165) is 31.4 Å². The number of benzene rings is 1. The molecular formula is C15H19FN2O2S. The van der Waals surface area contributed by atoms with Crippen LogP contribution in [0.4, 0.5) is 4.39 Å². The summed E-state index contributed by atoms with van der Waals surface area (Å²) < 4.78 is 40.0. The molecule has 1 aliphatic rings. The first-order valence-electron chi connectivity index (χ1n) is 6.96. The molecular weight excluding hydrogens is 291 g/mol. The van der Waals surface area contributed by atoms with Gasteiger partial charge in [0.05, 0.1) is 10.5 Å². The molecule has 114 valence electrons. The van der Waals surface area contributed by atoms with Crippen LogP contribution >= 0.6 is 0 Å². The summed E-state index contributed by atoms with van der Waals surface area (Å²) in [6.07, 6.45) is 2.57. The standard InChI is InChI=1S/C15H19FN2O2S/c1-15(2)6-3-8-18(9-7-15)21(19,20)13-4-5-14(16)12(10-13)11-17/h4-5,10H,3,6-9H2,1-2H3. The molecule has 1 heterocycles. The van der Waals surface area contributed by atoms with Crippen molar-refractivity contribution in [2.24, 2.45) is 5.41 Å². The second-order valence-electron chi connectivity index (χ2n) is 6.18. The smallest absolute Gasteiger partial charge is 0.207 e. The molecule has 1 aromatic carbocycles. The molecule has 0 amide bonds. The molecule has 1 aliphatic heterocycles. The van der Waals surface area contributed by atoms with Crippen LogP contribution in [-0.4, -0.2) is 25.8 Å². The molecule has 6 heteroatoms. The van der Waals surface area contributed by atoms with Gasteiger partial charge in [0.15, 0.2) is 0 Å². The third kappa shape index (κ3) is 3.42. The Morgan fingerprint density at radius 2 is 2.00 bits per heavy atom. The summed E-state index contributed by atoms with van der Waals surface area (Å²) in [6, 6.07) is 5.05. The number of hydrogen-bond donors (Lipinski definition) is 0. The van der Waals surface area contributed by atoms with Crippen LogP contribution < -0.4 is 0 Å². The largest absolute Gasteiger partial charge is 0.243 e. The summed E-state index contributed by atoms with van der Waals surface area (Å²) in [5.74, 6) is -0.701. The minimum absolute atomic E-state index is 0.0137. The van der Waals surface area contributed by atoms with Crippen molar-refractivity contribution in [2.45, 2.75) is 38.0 Å². The number of halogens is 1.